The van der Waals surface area contributed by atoms with Gasteiger partial charge in [-0.1, -0.05) is 0 Å². The molecule has 0 aliphatic carbocycles. The molecule has 0 radical (unpaired) electrons. The van der Waals surface area contributed by atoms with E-state index in [1.165, 1.54) is 0 Å². The Bertz CT molecular complexity index is 322. The van der Waals surface area contributed by atoms with Gasteiger partial charge in [0.05, 0.1) is 4.47 Å². The van der Waals surface area contributed by atoms with Crippen molar-refractivity contribution < 1.29 is 4.74 Å². The summed E-state index contributed by atoms with van der Waals surface area (Å²) in [6, 6.07) is 0. The number of nitrogens with one attached hydrogen (secondary N) is 2. The van der Waals surface area contributed by atoms with Crippen LogP contribution in [-0.4, -0.2) is 36.8 Å². The van der Waals surface area contributed by atoms with Gasteiger partial charge in [0.1, 0.15) is 5.82 Å². The number of ether oxygens (including phenoxy) is 1. The Hall–Kier alpha value is -0.880. The van der Waals surface area contributed by atoms with Crippen LogP contribution in [0.15, 0.2) is 10.7 Å². The van der Waals surface area contributed by atoms with Gasteiger partial charge in [0.15, 0.2) is 0 Å². The standard InChI is InChI=1S/C10H17BrN4O/c1-3-12-10-14-7-8(11)9(15-10)13-5-4-6-16-2/h7H,3-6H2,1-2H3,(H2,12,13,14,15). The van der Waals surface area contributed by atoms with E-state index in [-0.39, 0.29) is 0 Å². The highest BCUT2D eigenvalue weighted by atomic mass is 79.9. The Morgan fingerprint density at radius 2 is 2.25 bits per heavy atom. The summed E-state index contributed by atoms with van der Waals surface area (Å²) in [5, 5.41) is 6.30. The highest BCUT2D eigenvalue weighted by Crippen LogP contribution is 2.19. The predicted octanol–water partition coefficient (Wildman–Crippen LogP) is 2.12. The van der Waals surface area contributed by atoms with Crippen molar-refractivity contribution >= 4 is 27.7 Å². The summed E-state index contributed by atoms with van der Waals surface area (Å²) < 4.78 is 5.84. The van der Waals surface area contributed by atoms with Crippen LogP contribution in [-0.2, 0) is 4.74 Å². The van der Waals surface area contributed by atoms with Gasteiger partial charge in [-0.15, -0.1) is 0 Å². The fourth-order valence-electron chi connectivity index (χ4n) is 1.16. The maximum atomic E-state index is 4.98. The van der Waals surface area contributed by atoms with Crippen LogP contribution in [0.25, 0.3) is 0 Å². The molecule has 0 aliphatic heterocycles. The molecule has 0 amide bonds. The van der Waals surface area contributed by atoms with E-state index >= 15 is 0 Å². The lowest BCUT2D eigenvalue weighted by Crippen LogP contribution is -2.09. The van der Waals surface area contributed by atoms with E-state index in [0.717, 1.165) is 36.4 Å². The van der Waals surface area contributed by atoms with Crippen molar-refractivity contribution in [1.29, 1.82) is 0 Å². The Morgan fingerprint density at radius 1 is 1.44 bits per heavy atom. The van der Waals surface area contributed by atoms with Crippen molar-refractivity contribution in [2.75, 3.05) is 37.4 Å². The van der Waals surface area contributed by atoms with Gasteiger partial charge in [0, 0.05) is 33.0 Å². The van der Waals surface area contributed by atoms with Crippen molar-refractivity contribution in [2.24, 2.45) is 0 Å². The number of hydrogen-bond donors (Lipinski definition) is 2. The van der Waals surface area contributed by atoms with Crippen molar-refractivity contribution in [3.8, 4) is 0 Å². The summed E-state index contributed by atoms with van der Waals surface area (Å²) in [6.07, 6.45) is 2.69. The van der Waals surface area contributed by atoms with Gasteiger partial charge in [-0.25, -0.2) is 4.98 Å². The molecule has 90 valence electrons. The van der Waals surface area contributed by atoms with Gasteiger partial charge >= 0.3 is 0 Å². The van der Waals surface area contributed by atoms with Crippen molar-refractivity contribution in [1.82, 2.24) is 9.97 Å². The molecule has 5 nitrogen and oxygen atoms in total. The molecule has 0 bridgehead atoms. The van der Waals surface area contributed by atoms with Gasteiger partial charge in [-0.2, -0.15) is 4.98 Å². The third kappa shape index (κ3) is 4.32. The maximum absolute atomic E-state index is 4.98. The Labute approximate surface area is 104 Å². The molecular formula is C10H17BrN4O. The van der Waals surface area contributed by atoms with Gasteiger partial charge in [0.2, 0.25) is 5.95 Å². The van der Waals surface area contributed by atoms with Crippen LogP contribution in [0.1, 0.15) is 13.3 Å². The molecule has 0 spiro atoms. The molecule has 0 aromatic carbocycles. The lowest BCUT2D eigenvalue weighted by molar-refractivity contribution is 0.197. The zero-order chi connectivity index (χ0) is 11.8. The van der Waals surface area contributed by atoms with Gasteiger partial charge < -0.3 is 15.4 Å². The second kappa shape index (κ2) is 7.40. The lowest BCUT2D eigenvalue weighted by atomic mass is 10.4. The first kappa shape index (κ1) is 13.2. The smallest absolute Gasteiger partial charge is 0.224 e. The van der Waals surface area contributed by atoms with Crippen LogP contribution in [0.4, 0.5) is 11.8 Å². The molecule has 0 fully saturated rings. The van der Waals surface area contributed by atoms with Gasteiger partial charge in [-0.05, 0) is 29.3 Å². The molecule has 0 saturated carbocycles. The van der Waals surface area contributed by atoms with Crippen LogP contribution in [0.3, 0.4) is 0 Å². The lowest BCUT2D eigenvalue weighted by Gasteiger charge is -2.09. The average molecular weight is 289 g/mol. The third-order valence-corrected chi connectivity index (χ3v) is 2.48. The molecule has 2 N–H and O–H groups in total. The molecule has 6 heteroatoms. The molecule has 1 heterocycles. The fourth-order valence-corrected chi connectivity index (χ4v) is 1.49. The largest absolute Gasteiger partial charge is 0.385 e. The topological polar surface area (TPSA) is 59.1 Å². The summed E-state index contributed by atoms with van der Waals surface area (Å²) in [6.45, 7) is 4.40. The zero-order valence-corrected chi connectivity index (χ0v) is 11.2. The molecule has 0 aliphatic rings. The Kier molecular flexibility index (Phi) is 6.10. The van der Waals surface area contributed by atoms with Gasteiger partial charge in [0.25, 0.3) is 0 Å². The van der Waals surface area contributed by atoms with Crippen molar-refractivity contribution in [3.63, 3.8) is 0 Å². The van der Waals surface area contributed by atoms with E-state index < -0.39 is 0 Å². The molecule has 0 unspecified atom stereocenters. The zero-order valence-electron chi connectivity index (χ0n) is 9.59. The van der Waals surface area contributed by atoms with E-state index in [2.05, 4.69) is 36.5 Å². The number of nitrogens with zero attached hydrogens (tertiary/aromatic N) is 2. The number of anilines is 2. The van der Waals surface area contributed by atoms with E-state index in [9.17, 15) is 0 Å². The summed E-state index contributed by atoms with van der Waals surface area (Å²) in [5.41, 5.74) is 0. The van der Waals surface area contributed by atoms with E-state index in [1.54, 1.807) is 13.3 Å². The molecular weight excluding hydrogens is 272 g/mol. The minimum absolute atomic E-state index is 0.639. The Morgan fingerprint density at radius 3 is 2.94 bits per heavy atom. The Balaban J connectivity index is 2.52. The third-order valence-electron chi connectivity index (χ3n) is 1.90. The first-order valence-electron chi connectivity index (χ1n) is 5.27. The second-order valence-electron chi connectivity index (χ2n) is 3.19. The van der Waals surface area contributed by atoms with Crippen LogP contribution in [0, 0.1) is 0 Å². The molecule has 0 saturated heterocycles. The van der Waals surface area contributed by atoms with Gasteiger partial charge in [-0.3, -0.25) is 0 Å². The summed E-state index contributed by atoms with van der Waals surface area (Å²) in [4.78, 5) is 8.48. The summed E-state index contributed by atoms with van der Waals surface area (Å²) >= 11 is 3.40. The molecule has 1 aromatic heterocycles. The van der Waals surface area contributed by atoms with E-state index in [0.29, 0.717) is 5.95 Å². The number of hydrogen-bond acceptors (Lipinski definition) is 5. The first-order valence-corrected chi connectivity index (χ1v) is 6.06. The minimum Gasteiger partial charge on any atom is -0.385 e. The average Bonchev–Trinajstić information content (AvgIpc) is 2.29. The molecule has 16 heavy (non-hydrogen) atoms. The van der Waals surface area contributed by atoms with Crippen LogP contribution >= 0.6 is 15.9 Å². The minimum atomic E-state index is 0.639. The van der Waals surface area contributed by atoms with E-state index in [4.69, 9.17) is 4.74 Å². The van der Waals surface area contributed by atoms with Crippen molar-refractivity contribution in [3.05, 3.63) is 10.7 Å². The fraction of sp³-hybridized carbons (Fsp3) is 0.600. The predicted molar refractivity (Wildman–Crippen MR) is 68.9 cm³/mol. The molecule has 0 atom stereocenters. The number of aromatic nitrogens is 2. The van der Waals surface area contributed by atoms with Crippen LogP contribution in [0.2, 0.25) is 0 Å². The maximum Gasteiger partial charge on any atom is 0.224 e. The SMILES string of the molecule is CCNc1ncc(Br)c(NCCCOC)n1. The van der Waals surface area contributed by atoms with E-state index in [1.807, 2.05) is 6.92 Å². The highest BCUT2D eigenvalue weighted by Gasteiger charge is 2.03. The first-order chi connectivity index (χ1) is 7.77. The van der Waals surface area contributed by atoms with Crippen LogP contribution < -0.4 is 10.6 Å². The normalized spacial score (nSPS) is 10.2. The summed E-state index contributed by atoms with van der Waals surface area (Å²) in [5.74, 6) is 1.45. The summed E-state index contributed by atoms with van der Waals surface area (Å²) in [7, 11) is 1.70. The molecule has 1 aromatic rings. The second-order valence-corrected chi connectivity index (χ2v) is 4.05. The monoisotopic (exact) mass is 288 g/mol. The van der Waals surface area contributed by atoms with Crippen LogP contribution in [0.5, 0.6) is 0 Å². The number of methoxy groups -OCH3 is 1. The highest BCUT2D eigenvalue weighted by molar-refractivity contribution is 9.10. The number of rotatable bonds is 7. The quantitative estimate of drug-likeness (QED) is 0.753. The molecule has 1 rings (SSSR count). The number of halogens is 1. The van der Waals surface area contributed by atoms with Crippen molar-refractivity contribution in [2.45, 2.75) is 13.3 Å².